The Morgan fingerprint density at radius 1 is 1.50 bits per heavy atom. The van der Waals surface area contributed by atoms with Crippen LogP contribution in [-0.4, -0.2) is 44.5 Å². The van der Waals surface area contributed by atoms with E-state index in [1.807, 2.05) is 4.57 Å². The Bertz CT molecular complexity index is 443. The molecule has 6 heteroatoms. The fourth-order valence-corrected chi connectivity index (χ4v) is 2.15. The maximum absolute atomic E-state index is 12.0. The lowest BCUT2D eigenvalue weighted by Crippen LogP contribution is -2.35. The van der Waals surface area contributed by atoms with Gasteiger partial charge in [-0.1, -0.05) is 0 Å². The second kappa shape index (κ2) is 4.80. The van der Waals surface area contributed by atoms with Gasteiger partial charge < -0.3 is 14.6 Å². The maximum Gasteiger partial charge on any atom is 0.311 e. The van der Waals surface area contributed by atoms with Gasteiger partial charge in [0.1, 0.15) is 0 Å². The molecule has 1 aromatic rings. The zero-order valence-electron chi connectivity index (χ0n) is 10.4. The molecule has 0 aliphatic carbocycles. The molecule has 1 aliphatic rings. The van der Waals surface area contributed by atoms with Gasteiger partial charge in [-0.25, -0.2) is 4.98 Å². The highest BCUT2D eigenvalue weighted by Crippen LogP contribution is 2.30. The molecule has 1 N–H and O–H groups in total. The number of aryl methyl sites for hydroxylation is 1. The Morgan fingerprint density at radius 2 is 2.28 bits per heavy atom. The summed E-state index contributed by atoms with van der Waals surface area (Å²) in [4.78, 5) is 28.6. The van der Waals surface area contributed by atoms with Crippen LogP contribution in [0.3, 0.4) is 0 Å². The first-order chi connectivity index (χ1) is 8.51. The van der Waals surface area contributed by atoms with E-state index < -0.39 is 11.4 Å². The van der Waals surface area contributed by atoms with E-state index in [4.69, 9.17) is 5.11 Å². The van der Waals surface area contributed by atoms with E-state index in [1.165, 1.54) is 0 Å². The molecule has 0 saturated carbocycles. The van der Waals surface area contributed by atoms with Gasteiger partial charge in [0.15, 0.2) is 0 Å². The van der Waals surface area contributed by atoms with Gasteiger partial charge in [-0.2, -0.15) is 0 Å². The van der Waals surface area contributed by atoms with Crippen molar-refractivity contribution in [3.05, 3.63) is 18.7 Å². The lowest BCUT2D eigenvalue weighted by molar-refractivity contribution is -0.147. The fraction of sp³-hybridized carbons (Fsp3) is 0.583. The van der Waals surface area contributed by atoms with Crippen molar-refractivity contribution in [2.24, 2.45) is 5.41 Å². The van der Waals surface area contributed by atoms with Crippen molar-refractivity contribution >= 4 is 11.9 Å². The third-order valence-electron chi connectivity index (χ3n) is 3.49. The van der Waals surface area contributed by atoms with Gasteiger partial charge >= 0.3 is 5.97 Å². The van der Waals surface area contributed by atoms with Gasteiger partial charge in [0.25, 0.3) is 0 Å². The Kier molecular flexibility index (Phi) is 3.36. The Balaban J connectivity index is 1.86. The van der Waals surface area contributed by atoms with E-state index >= 15 is 0 Å². The molecule has 1 aliphatic heterocycles. The number of hydrogen-bond acceptors (Lipinski definition) is 3. The van der Waals surface area contributed by atoms with Crippen molar-refractivity contribution in [2.75, 3.05) is 13.1 Å². The highest BCUT2D eigenvalue weighted by atomic mass is 16.4. The number of rotatable bonds is 4. The van der Waals surface area contributed by atoms with E-state index in [1.54, 1.807) is 30.5 Å². The van der Waals surface area contributed by atoms with Crippen LogP contribution in [0, 0.1) is 5.41 Å². The van der Waals surface area contributed by atoms with Crippen LogP contribution in [0.25, 0.3) is 0 Å². The second-order valence-corrected chi connectivity index (χ2v) is 4.98. The summed E-state index contributed by atoms with van der Waals surface area (Å²) in [6.07, 6.45) is 6.05. The summed E-state index contributed by atoms with van der Waals surface area (Å²) >= 11 is 0. The summed E-state index contributed by atoms with van der Waals surface area (Å²) in [5.41, 5.74) is -0.787. The van der Waals surface area contributed by atoms with Crippen LogP contribution in [0.15, 0.2) is 18.7 Å². The molecular formula is C12H17N3O3. The number of imidazole rings is 1. The lowest BCUT2D eigenvalue weighted by atomic mass is 9.90. The van der Waals surface area contributed by atoms with Gasteiger partial charge in [-0.3, -0.25) is 9.59 Å². The number of hydrogen-bond donors (Lipinski definition) is 1. The predicted molar refractivity (Wildman–Crippen MR) is 63.8 cm³/mol. The van der Waals surface area contributed by atoms with Crippen molar-refractivity contribution in [2.45, 2.75) is 26.3 Å². The largest absolute Gasteiger partial charge is 0.481 e. The van der Waals surface area contributed by atoms with Crippen molar-refractivity contribution in [3.63, 3.8) is 0 Å². The molecule has 0 spiro atoms. The van der Waals surface area contributed by atoms with Crippen molar-refractivity contribution in [1.82, 2.24) is 14.5 Å². The summed E-state index contributed by atoms with van der Waals surface area (Å²) < 4.78 is 1.84. The molecule has 0 aromatic carbocycles. The normalized spacial score (nSPS) is 23.3. The summed E-state index contributed by atoms with van der Waals surface area (Å²) in [7, 11) is 0. The first-order valence-corrected chi connectivity index (χ1v) is 5.98. The SMILES string of the molecule is CC1(C(=O)O)CCN(C(=O)CCn2ccnc2)C1. The molecular weight excluding hydrogens is 234 g/mol. The summed E-state index contributed by atoms with van der Waals surface area (Å²) in [5, 5.41) is 9.10. The molecule has 1 amide bonds. The standard InChI is InChI=1S/C12H17N3O3/c1-12(11(17)18)3-6-15(8-12)10(16)2-5-14-7-4-13-9-14/h4,7,9H,2-3,5-6,8H2,1H3,(H,17,18). The first kappa shape index (κ1) is 12.6. The number of carbonyl (C=O) groups excluding carboxylic acids is 1. The first-order valence-electron chi connectivity index (χ1n) is 5.98. The number of likely N-dealkylation sites (tertiary alicyclic amines) is 1. The van der Waals surface area contributed by atoms with Crippen molar-refractivity contribution in [1.29, 1.82) is 0 Å². The van der Waals surface area contributed by atoms with Crippen molar-refractivity contribution in [3.8, 4) is 0 Å². The van der Waals surface area contributed by atoms with Gasteiger partial charge in [-0.15, -0.1) is 0 Å². The Hall–Kier alpha value is -1.85. The smallest absolute Gasteiger partial charge is 0.311 e. The van der Waals surface area contributed by atoms with Crippen LogP contribution >= 0.6 is 0 Å². The molecule has 1 fully saturated rings. The van der Waals surface area contributed by atoms with E-state index in [2.05, 4.69) is 4.98 Å². The Morgan fingerprint density at radius 3 is 2.83 bits per heavy atom. The number of amides is 1. The predicted octanol–water partition coefficient (Wildman–Crippen LogP) is 0.596. The lowest BCUT2D eigenvalue weighted by Gasteiger charge is -2.20. The zero-order valence-corrected chi connectivity index (χ0v) is 10.4. The van der Waals surface area contributed by atoms with Gasteiger partial charge in [0.05, 0.1) is 11.7 Å². The minimum Gasteiger partial charge on any atom is -0.481 e. The molecule has 2 heterocycles. The quantitative estimate of drug-likeness (QED) is 0.850. The third-order valence-corrected chi connectivity index (χ3v) is 3.49. The van der Waals surface area contributed by atoms with E-state index in [-0.39, 0.29) is 5.91 Å². The summed E-state index contributed by atoms with van der Waals surface area (Å²) in [5.74, 6) is -0.818. The molecule has 18 heavy (non-hydrogen) atoms. The molecule has 1 atom stereocenters. The molecule has 1 unspecified atom stereocenters. The number of aliphatic carboxylic acids is 1. The van der Waals surface area contributed by atoms with Gasteiger partial charge in [-0.05, 0) is 13.3 Å². The molecule has 1 saturated heterocycles. The average Bonchev–Trinajstić information content (AvgIpc) is 2.95. The van der Waals surface area contributed by atoms with Crippen LogP contribution in [0.1, 0.15) is 19.8 Å². The second-order valence-electron chi connectivity index (χ2n) is 4.98. The molecule has 0 bridgehead atoms. The van der Waals surface area contributed by atoms with Crippen LogP contribution in [0.5, 0.6) is 0 Å². The van der Waals surface area contributed by atoms with Gasteiger partial charge in [0.2, 0.25) is 5.91 Å². The Labute approximate surface area is 105 Å². The highest BCUT2D eigenvalue weighted by molar-refractivity contribution is 5.80. The number of carboxylic acid groups (broad SMARTS) is 1. The topological polar surface area (TPSA) is 75.4 Å². The maximum atomic E-state index is 12.0. The fourth-order valence-electron chi connectivity index (χ4n) is 2.15. The zero-order chi connectivity index (χ0) is 13.2. The summed E-state index contributed by atoms with van der Waals surface area (Å²) in [6, 6.07) is 0. The highest BCUT2D eigenvalue weighted by Gasteiger charge is 2.41. The summed E-state index contributed by atoms with van der Waals surface area (Å²) in [6.45, 7) is 3.12. The monoisotopic (exact) mass is 251 g/mol. The molecule has 98 valence electrons. The minimum atomic E-state index is -0.826. The molecule has 0 radical (unpaired) electrons. The number of carbonyl (C=O) groups is 2. The molecule has 1 aromatic heterocycles. The molecule has 6 nitrogen and oxygen atoms in total. The number of carboxylic acids is 1. The average molecular weight is 251 g/mol. The minimum absolute atomic E-state index is 0.00803. The van der Waals surface area contributed by atoms with E-state index in [0.717, 1.165) is 0 Å². The van der Waals surface area contributed by atoms with E-state index in [9.17, 15) is 9.59 Å². The van der Waals surface area contributed by atoms with Gasteiger partial charge in [0, 0.05) is 38.4 Å². The van der Waals surface area contributed by atoms with Crippen LogP contribution in [-0.2, 0) is 16.1 Å². The van der Waals surface area contributed by atoms with Crippen LogP contribution in [0.4, 0.5) is 0 Å². The number of nitrogens with zero attached hydrogens (tertiary/aromatic N) is 3. The molecule has 2 rings (SSSR count). The third kappa shape index (κ3) is 2.52. The van der Waals surface area contributed by atoms with E-state index in [0.29, 0.717) is 32.5 Å². The van der Waals surface area contributed by atoms with Crippen LogP contribution in [0.2, 0.25) is 0 Å². The van der Waals surface area contributed by atoms with Crippen LogP contribution < -0.4 is 0 Å². The number of aromatic nitrogens is 2. The van der Waals surface area contributed by atoms with Crippen molar-refractivity contribution < 1.29 is 14.7 Å².